The van der Waals surface area contributed by atoms with Crippen LogP contribution in [0.5, 0.6) is 0 Å². The van der Waals surface area contributed by atoms with Crippen LogP contribution in [0.15, 0.2) is 12.7 Å². The van der Waals surface area contributed by atoms with Gasteiger partial charge in [0, 0.05) is 25.0 Å². The highest BCUT2D eigenvalue weighted by molar-refractivity contribution is 5.82. The molecule has 0 spiro atoms. The van der Waals surface area contributed by atoms with Crippen LogP contribution < -0.4 is 5.32 Å². The Labute approximate surface area is 134 Å². The molecule has 1 aliphatic heterocycles. The van der Waals surface area contributed by atoms with E-state index in [1.165, 1.54) is 25.6 Å². The molecule has 122 valence electrons. The molecule has 1 saturated heterocycles. The van der Waals surface area contributed by atoms with E-state index in [2.05, 4.69) is 25.3 Å². The van der Waals surface area contributed by atoms with Crippen LogP contribution in [0, 0.1) is 5.92 Å². The lowest BCUT2D eigenvalue weighted by atomic mass is 9.88. The maximum Gasteiger partial charge on any atom is 0.225 e. The molecule has 1 atom stereocenters. The van der Waals surface area contributed by atoms with Crippen molar-refractivity contribution in [3.8, 4) is 0 Å². The fourth-order valence-electron chi connectivity index (χ4n) is 3.75. The minimum Gasteiger partial charge on any atom is -0.364 e. The fourth-order valence-corrected chi connectivity index (χ4v) is 3.75. The van der Waals surface area contributed by atoms with E-state index in [9.17, 15) is 4.79 Å². The van der Waals surface area contributed by atoms with E-state index in [0.717, 1.165) is 43.7 Å². The Hall–Kier alpha value is -2.18. The van der Waals surface area contributed by atoms with Gasteiger partial charge in [-0.1, -0.05) is 19.3 Å². The molecule has 1 saturated carbocycles. The number of aromatic amines is 1. The van der Waals surface area contributed by atoms with Crippen LogP contribution >= 0.6 is 0 Å². The van der Waals surface area contributed by atoms with Crippen molar-refractivity contribution in [3.63, 3.8) is 0 Å². The molecule has 7 heteroatoms. The second-order valence-electron chi connectivity index (χ2n) is 6.57. The molecule has 2 N–H and O–H groups in total. The standard InChI is InChI=1S/C16H22N6O/c23-16(11-4-2-1-3-5-11)22-7-6-12(8-22)21-15-13-14(18-9-17-13)19-10-20-15/h9-12H,1-8H2,(H2,17,18,19,20,21). The molecule has 4 rings (SSSR count). The molecule has 1 amide bonds. The zero-order chi connectivity index (χ0) is 15.6. The van der Waals surface area contributed by atoms with Crippen molar-refractivity contribution in [3.05, 3.63) is 12.7 Å². The van der Waals surface area contributed by atoms with Gasteiger partial charge in [0.2, 0.25) is 5.91 Å². The van der Waals surface area contributed by atoms with Gasteiger partial charge in [0.1, 0.15) is 11.8 Å². The summed E-state index contributed by atoms with van der Waals surface area (Å²) in [6.45, 7) is 1.60. The molecular formula is C16H22N6O. The Morgan fingerprint density at radius 2 is 2.04 bits per heavy atom. The van der Waals surface area contributed by atoms with Gasteiger partial charge >= 0.3 is 0 Å². The monoisotopic (exact) mass is 314 g/mol. The Bertz CT molecular complexity index is 693. The van der Waals surface area contributed by atoms with Crippen LogP contribution in [0.1, 0.15) is 38.5 Å². The summed E-state index contributed by atoms with van der Waals surface area (Å²) in [7, 11) is 0. The number of imidazole rings is 1. The summed E-state index contributed by atoms with van der Waals surface area (Å²) in [5.41, 5.74) is 1.49. The third-order valence-electron chi connectivity index (χ3n) is 5.02. The average molecular weight is 314 g/mol. The van der Waals surface area contributed by atoms with Crippen molar-refractivity contribution >= 4 is 22.9 Å². The van der Waals surface area contributed by atoms with Crippen LogP contribution in [-0.2, 0) is 4.79 Å². The minimum atomic E-state index is 0.240. The molecule has 0 bridgehead atoms. The molecule has 2 aliphatic rings. The fraction of sp³-hybridized carbons (Fsp3) is 0.625. The topological polar surface area (TPSA) is 86.8 Å². The molecule has 3 heterocycles. The smallest absolute Gasteiger partial charge is 0.225 e. The second kappa shape index (κ2) is 6.14. The van der Waals surface area contributed by atoms with E-state index in [0.29, 0.717) is 11.6 Å². The number of hydrogen-bond acceptors (Lipinski definition) is 5. The van der Waals surface area contributed by atoms with Crippen molar-refractivity contribution < 1.29 is 4.79 Å². The number of H-pyrrole nitrogens is 1. The van der Waals surface area contributed by atoms with Gasteiger partial charge in [0.25, 0.3) is 0 Å². The highest BCUT2D eigenvalue weighted by atomic mass is 16.2. The number of anilines is 1. The van der Waals surface area contributed by atoms with E-state index in [4.69, 9.17) is 0 Å². The van der Waals surface area contributed by atoms with Gasteiger partial charge in [-0.2, -0.15) is 0 Å². The van der Waals surface area contributed by atoms with Gasteiger partial charge < -0.3 is 15.2 Å². The van der Waals surface area contributed by atoms with Crippen molar-refractivity contribution in [1.29, 1.82) is 0 Å². The third-order valence-corrected chi connectivity index (χ3v) is 5.02. The number of amides is 1. The van der Waals surface area contributed by atoms with Gasteiger partial charge in [0.05, 0.1) is 6.33 Å². The number of likely N-dealkylation sites (tertiary alicyclic amines) is 1. The first-order valence-electron chi connectivity index (χ1n) is 8.50. The summed E-state index contributed by atoms with van der Waals surface area (Å²) in [5.74, 6) is 1.37. The van der Waals surface area contributed by atoms with Crippen LogP contribution in [0.2, 0.25) is 0 Å². The summed E-state index contributed by atoms with van der Waals surface area (Å²) in [4.78, 5) is 30.3. The molecule has 1 unspecified atom stereocenters. The largest absolute Gasteiger partial charge is 0.364 e. The zero-order valence-corrected chi connectivity index (χ0v) is 13.2. The van der Waals surface area contributed by atoms with E-state index < -0.39 is 0 Å². The summed E-state index contributed by atoms with van der Waals surface area (Å²) in [6, 6.07) is 0.240. The number of nitrogens with one attached hydrogen (secondary N) is 2. The lowest BCUT2D eigenvalue weighted by Gasteiger charge is -2.26. The van der Waals surface area contributed by atoms with Crippen molar-refractivity contribution in [2.75, 3.05) is 18.4 Å². The highest BCUT2D eigenvalue weighted by Crippen LogP contribution is 2.27. The molecular weight excluding hydrogens is 292 g/mol. The molecule has 0 radical (unpaired) electrons. The maximum absolute atomic E-state index is 12.6. The van der Waals surface area contributed by atoms with Gasteiger partial charge in [-0.05, 0) is 19.3 Å². The number of carbonyl (C=O) groups excluding carboxylic acids is 1. The number of aromatic nitrogens is 4. The first-order valence-corrected chi connectivity index (χ1v) is 8.50. The maximum atomic E-state index is 12.6. The molecule has 2 aromatic heterocycles. The number of rotatable bonds is 3. The molecule has 2 aromatic rings. The first kappa shape index (κ1) is 14.4. The Morgan fingerprint density at radius 3 is 2.91 bits per heavy atom. The molecule has 23 heavy (non-hydrogen) atoms. The normalized spacial score (nSPS) is 22.6. The van der Waals surface area contributed by atoms with Crippen LogP contribution in [0.4, 0.5) is 5.82 Å². The molecule has 7 nitrogen and oxygen atoms in total. The summed E-state index contributed by atoms with van der Waals surface area (Å²) >= 11 is 0. The SMILES string of the molecule is O=C(C1CCCCC1)N1CCC(Nc2ncnc3nc[nH]c23)C1. The Morgan fingerprint density at radius 1 is 1.17 bits per heavy atom. The Kier molecular flexibility index (Phi) is 3.85. The zero-order valence-electron chi connectivity index (χ0n) is 13.2. The lowest BCUT2D eigenvalue weighted by Crippen LogP contribution is -2.36. The van der Waals surface area contributed by atoms with Gasteiger partial charge in [-0.25, -0.2) is 15.0 Å². The Balaban J connectivity index is 1.40. The molecule has 2 fully saturated rings. The molecule has 1 aliphatic carbocycles. The van der Waals surface area contributed by atoms with Crippen LogP contribution in [-0.4, -0.2) is 49.9 Å². The van der Waals surface area contributed by atoms with Crippen LogP contribution in [0.25, 0.3) is 11.2 Å². The lowest BCUT2D eigenvalue weighted by molar-refractivity contribution is -0.135. The van der Waals surface area contributed by atoms with Crippen molar-refractivity contribution in [2.24, 2.45) is 5.92 Å². The first-order chi connectivity index (χ1) is 11.3. The van der Waals surface area contributed by atoms with Gasteiger partial charge in [0.15, 0.2) is 11.5 Å². The summed E-state index contributed by atoms with van der Waals surface area (Å²) < 4.78 is 0. The number of hydrogen-bond donors (Lipinski definition) is 2. The predicted octanol–water partition coefficient (Wildman–Crippen LogP) is 1.95. The highest BCUT2D eigenvalue weighted by Gasteiger charge is 2.31. The summed E-state index contributed by atoms with van der Waals surface area (Å²) in [5, 5.41) is 3.44. The van der Waals surface area contributed by atoms with Crippen molar-refractivity contribution in [1.82, 2.24) is 24.8 Å². The van der Waals surface area contributed by atoms with Gasteiger partial charge in [-0.3, -0.25) is 4.79 Å². The molecule has 0 aromatic carbocycles. The van der Waals surface area contributed by atoms with E-state index in [1.807, 2.05) is 4.90 Å². The number of nitrogens with zero attached hydrogens (tertiary/aromatic N) is 4. The van der Waals surface area contributed by atoms with Gasteiger partial charge in [-0.15, -0.1) is 0 Å². The average Bonchev–Trinajstić information content (AvgIpc) is 3.25. The minimum absolute atomic E-state index is 0.240. The third kappa shape index (κ3) is 2.87. The van der Waals surface area contributed by atoms with E-state index in [-0.39, 0.29) is 12.0 Å². The summed E-state index contributed by atoms with van der Waals surface area (Å²) in [6.07, 6.45) is 9.90. The van der Waals surface area contributed by atoms with E-state index in [1.54, 1.807) is 6.33 Å². The second-order valence-corrected chi connectivity index (χ2v) is 6.57. The van der Waals surface area contributed by atoms with Crippen LogP contribution in [0.3, 0.4) is 0 Å². The van der Waals surface area contributed by atoms with E-state index >= 15 is 0 Å². The quantitative estimate of drug-likeness (QED) is 0.904. The number of fused-ring (bicyclic) bond motifs is 1. The van der Waals surface area contributed by atoms with Crippen molar-refractivity contribution in [2.45, 2.75) is 44.6 Å². The predicted molar refractivity (Wildman–Crippen MR) is 86.9 cm³/mol. The number of carbonyl (C=O) groups is 1.